The van der Waals surface area contributed by atoms with Gasteiger partial charge in [0.05, 0.1) is 0 Å². The number of nitrogens with one attached hydrogen (secondary N) is 1. The molecule has 1 heterocycles. The van der Waals surface area contributed by atoms with Crippen molar-refractivity contribution in [1.29, 1.82) is 0 Å². The molecule has 21 heavy (non-hydrogen) atoms. The highest BCUT2D eigenvalue weighted by Gasteiger charge is 2.58. The highest BCUT2D eigenvalue weighted by Crippen LogP contribution is 2.62. The van der Waals surface area contributed by atoms with Crippen molar-refractivity contribution in [3.63, 3.8) is 0 Å². The van der Waals surface area contributed by atoms with Gasteiger partial charge in [-0.2, -0.15) is 0 Å². The normalized spacial score (nSPS) is 35.4. The van der Waals surface area contributed by atoms with Crippen LogP contribution in [0.15, 0.2) is 18.2 Å². The van der Waals surface area contributed by atoms with Crippen molar-refractivity contribution in [1.82, 2.24) is 5.32 Å². The standard InChI is InChI=1S/C18H25NO2/c1-17(2)13-6-7-18(3,9-13)16(17)19-10-12-4-5-14-15(8-12)21-11-20-14/h4-5,8,13,16,19H,6-7,9-11H2,1-3H3/t13-,16?,18+/m0/s1. The lowest BCUT2D eigenvalue weighted by Crippen LogP contribution is -2.49. The van der Waals surface area contributed by atoms with Crippen LogP contribution in [0.25, 0.3) is 0 Å². The topological polar surface area (TPSA) is 30.5 Å². The molecular formula is C18H25NO2. The van der Waals surface area contributed by atoms with Crippen LogP contribution in [0.3, 0.4) is 0 Å². The Morgan fingerprint density at radius 2 is 2.00 bits per heavy atom. The Morgan fingerprint density at radius 1 is 1.19 bits per heavy atom. The van der Waals surface area contributed by atoms with E-state index in [1.165, 1.54) is 24.8 Å². The van der Waals surface area contributed by atoms with Gasteiger partial charge in [0.1, 0.15) is 0 Å². The molecule has 1 aromatic rings. The molecule has 3 aliphatic rings. The lowest BCUT2D eigenvalue weighted by molar-refractivity contribution is 0.108. The maximum Gasteiger partial charge on any atom is 0.231 e. The molecule has 0 radical (unpaired) electrons. The average Bonchev–Trinajstić information content (AvgIpc) is 3.08. The van der Waals surface area contributed by atoms with E-state index in [1.54, 1.807) is 0 Å². The molecule has 2 bridgehead atoms. The molecule has 2 fully saturated rings. The molecule has 2 aliphatic carbocycles. The second-order valence-electron chi connectivity index (χ2n) is 7.92. The Kier molecular flexibility index (Phi) is 2.81. The third kappa shape index (κ3) is 1.97. The van der Waals surface area contributed by atoms with Crippen LogP contribution < -0.4 is 14.8 Å². The summed E-state index contributed by atoms with van der Waals surface area (Å²) in [7, 11) is 0. The van der Waals surface area contributed by atoms with Crippen LogP contribution in [-0.4, -0.2) is 12.8 Å². The Bertz CT molecular complexity index is 564. The second kappa shape index (κ2) is 4.39. The Balaban J connectivity index is 1.49. The van der Waals surface area contributed by atoms with E-state index >= 15 is 0 Å². The first-order chi connectivity index (χ1) is 9.99. The van der Waals surface area contributed by atoms with Crippen LogP contribution >= 0.6 is 0 Å². The monoisotopic (exact) mass is 287 g/mol. The average molecular weight is 287 g/mol. The summed E-state index contributed by atoms with van der Waals surface area (Å²) in [5.41, 5.74) is 2.16. The van der Waals surface area contributed by atoms with Gasteiger partial charge in [-0.3, -0.25) is 0 Å². The molecule has 1 N–H and O–H groups in total. The van der Waals surface area contributed by atoms with E-state index in [0.717, 1.165) is 24.0 Å². The largest absolute Gasteiger partial charge is 0.454 e. The summed E-state index contributed by atoms with van der Waals surface area (Å²) < 4.78 is 10.8. The Labute approximate surface area is 127 Å². The van der Waals surface area contributed by atoms with E-state index < -0.39 is 0 Å². The quantitative estimate of drug-likeness (QED) is 0.919. The molecule has 0 spiro atoms. The van der Waals surface area contributed by atoms with Crippen LogP contribution in [-0.2, 0) is 6.54 Å². The fraction of sp³-hybridized carbons (Fsp3) is 0.667. The van der Waals surface area contributed by atoms with Crippen molar-refractivity contribution < 1.29 is 9.47 Å². The summed E-state index contributed by atoms with van der Waals surface area (Å²) in [4.78, 5) is 0. The molecule has 3 atom stereocenters. The molecule has 0 saturated heterocycles. The van der Waals surface area contributed by atoms with Crippen LogP contribution in [0.4, 0.5) is 0 Å². The number of hydrogen-bond acceptors (Lipinski definition) is 3. The molecular weight excluding hydrogens is 262 g/mol. The SMILES string of the molecule is CC1(C)C(NCc2ccc3c(c2)OCO3)[C@]2(C)CC[C@H]1C2. The van der Waals surface area contributed by atoms with E-state index in [2.05, 4.69) is 38.2 Å². The second-order valence-corrected chi connectivity index (χ2v) is 7.92. The van der Waals surface area contributed by atoms with Gasteiger partial charge in [0.2, 0.25) is 6.79 Å². The molecule has 3 heteroatoms. The summed E-state index contributed by atoms with van der Waals surface area (Å²) >= 11 is 0. The van der Waals surface area contributed by atoms with Crippen molar-refractivity contribution in [2.24, 2.45) is 16.7 Å². The highest BCUT2D eigenvalue weighted by molar-refractivity contribution is 5.44. The number of hydrogen-bond donors (Lipinski definition) is 1. The minimum absolute atomic E-state index is 0.349. The fourth-order valence-electron chi connectivity index (χ4n) is 5.08. The number of ether oxygens (including phenoxy) is 2. The zero-order valence-electron chi connectivity index (χ0n) is 13.2. The zero-order valence-corrected chi connectivity index (χ0v) is 13.2. The number of fused-ring (bicyclic) bond motifs is 3. The maximum atomic E-state index is 5.47. The third-order valence-electron chi connectivity index (χ3n) is 6.22. The predicted octanol–water partition coefficient (Wildman–Crippen LogP) is 3.72. The zero-order chi connectivity index (χ0) is 14.7. The van der Waals surface area contributed by atoms with Gasteiger partial charge < -0.3 is 14.8 Å². The lowest BCUT2D eigenvalue weighted by Gasteiger charge is -2.43. The van der Waals surface area contributed by atoms with Gasteiger partial charge in [0, 0.05) is 12.6 Å². The van der Waals surface area contributed by atoms with Crippen molar-refractivity contribution in [3.05, 3.63) is 23.8 Å². The van der Waals surface area contributed by atoms with E-state index in [9.17, 15) is 0 Å². The summed E-state index contributed by atoms with van der Waals surface area (Å²) in [6.45, 7) is 8.62. The summed E-state index contributed by atoms with van der Waals surface area (Å²) in [6.07, 6.45) is 4.17. The van der Waals surface area contributed by atoms with Gasteiger partial charge in [-0.25, -0.2) is 0 Å². The molecule has 4 rings (SSSR count). The van der Waals surface area contributed by atoms with Gasteiger partial charge in [-0.15, -0.1) is 0 Å². The van der Waals surface area contributed by atoms with Crippen molar-refractivity contribution >= 4 is 0 Å². The minimum atomic E-state index is 0.349. The summed E-state index contributed by atoms with van der Waals surface area (Å²) in [6, 6.07) is 6.88. The molecule has 114 valence electrons. The van der Waals surface area contributed by atoms with E-state index in [4.69, 9.17) is 9.47 Å². The molecule has 1 aromatic carbocycles. The number of rotatable bonds is 3. The predicted molar refractivity (Wildman–Crippen MR) is 82.4 cm³/mol. The Hall–Kier alpha value is -1.22. The molecule has 3 nitrogen and oxygen atoms in total. The highest BCUT2D eigenvalue weighted by atomic mass is 16.7. The first kappa shape index (κ1) is 13.4. The van der Waals surface area contributed by atoms with Crippen LogP contribution in [0.1, 0.15) is 45.6 Å². The number of benzene rings is 1. The molecule has 1 unspecified atom stereocenters. The smallest absolute Gasteiger partial charge is 0.231 e. The third-order valence-corrected chi connectivity index (χ3v) is 6.22. The molecule has 0 amide bonds. The molecule has 0 aromatic heterocycles. The first-order valence-electron chi connectivity index (χ1n) is 8.11. The van der Waals surface area contributed by atoms with Crippen molar-refractivity contribution in [2.45, 2.75) is 52.6 Å². The van der Waals surface area contributed by atoms with Crippen molar-refractivity contribution in [2.75, 3.05) is 6.79 Å². The van der Waals surface area contributed by atoms with Crippen LogP contribution in [0.5, 0.6) is 11.5 Å². The van der Waals surface area contributed by atoms with Gasteiger partial charge in [0.25, 0.3) is 0 Å². The van der Waals surface area contributed by atoms with Crippen LogP contribution in [0, 0.1) is 16.7 Å². The van der Waals surface area contributed by atoms with E-state index in [0.29, 0.717) is 23.7 Å². The minimum Gasteiger partial charge on any atom is -0.454 e. The van der Waals surface area contributed by atoms with E-state index in [1.807, 2.05) is 6.07 Å². The lowest BCUT2D eigenvalue weighted by atomic mass is 9.68. The van der Waals surface area contributed by atoms with Crippen LogP contribution in [0.2, 0.25) is 0 Å². The summed E-state index contributed by atoms with van der Waals surface area (Å²) in [5.74, 6) is 2.63. The van der Waals surface area contributed by atoms with Gasteiger partial charge >= 0.3 is 0 Å². The molecule has 1 aliphatic heterocycles. The fourth-order valence-corrected chi connectivity index (χ4v) is 5.08. The Morgan fingerprint density at radius 3 is 2.76 bits per heavy atom. The maximum absolute atomic E-state index is 5.47. The van der Waals surface area contributed by atoms with Gasteiger partial charge in [-0.1, -0.05) is 26.8 Å². The van der Waals surface area contributed by atoms with Gasteiger partial charge in [0.15, 0.2) is 11.5 Å². The van der Waals surface area contributed by atoms with E-state index in [-0.39, 0.29) is 0 Å². The van der Waals surface area contributed by atoms with Gasteiger partial charge in [-0.05, 0) is 53.7 Å². The first-order valence-corrected chi connectivity index (χ1v) is 8.11. The summed E-state index contributed by atoms with van der Waals surface area (Å²) in [5, 5.41) is 3.85. The van der Waals surface area contributed by atoms with Crippen molar-refractivity contribution in [3.8, 4) is 11.5 Å². The molecule has 2 saturated carbocycles.